The van der Waals surface area contributed by atoms with E-state index in [0.717, 1.165) is 19.4 Å². The van der Waals surface area contributed by atoms with Gasteiger partial charge in [-0.2, -0.15) is 0 Å². The van der Waals surface area contributed by atoms with Crippen LogP contribution in [0.2, 0.25) is 0 Å². The average Bonchev–Trinajstić information content (AvgIpc) is 3.35. The summed E-state index contributed by atoms with van der Waals surface area (Å²) in [5, 5.41) is -0.514. The number of hydrogen-bond acceptors (Lipinski definition) is 3. The summed E-state index contributed by atoms with van der Waals surface area (Å²) in [7, 11) is -3.44. The Hall–Kier alpha value is -2.91. The van der Waals surface area contributed by atoms with Gasteiger partial charge in [-0.05, 0) is 60.6 Å². The molecule has 6 heteroatoms. The van der Waals surface area contributed by atoms with Crippen molar-refractivity contribution in [2.75, 3.05) is 0 Å². The van der Waals surface area contributed by atoms with E-state index in [1.54, 1.807) is 20.0 Å². The van der Waals surface area contributed by atoms with Crippen LogP contribution in [-0.2, 0) is 29.4 Å². The number of rotatable bonds is 4. The van der Waals surface area contributed by atoms with Gasteiger partial charge in [0, 0.05) is 18.9 Å². The van der Waals surface area contributed by atoms with E-state index >= 15 is 0 Å². The first-order valence-electron chi connectivity index (χ1n) is 9.79. The summed E-state index contributed by atoms with van der Waals surface area (Å²) in [6.45, 7) is 4.06. The molecule has 0 fully saturated rings. The van der Waals surface area contributed by atoms with E-state index < -0.39 is 15.3 Å². The number of benzene rings is 2. The van der Waals surface area contributed by atoms with Gasteiger partial charge in [-0.1, -0.05) is 36.4 Å². The summed E-state index contributed by atoms with van der Waals surface area (Å²) >= 11 is 0. The molecule has 29 heavy (non-hydrogen) atoms. The molecule has 0 bridgehead atoms. The van der Waals surface area contributed by atoms with Crippen molar-refractivity contribution in [2.24, 2.45) is 5.92 Å². The topological polar surface area (TPSA) is 56.3 Å². The fraction of sp³-hybridized carbons (Fsp3) is 0.304. The number of fused-ring (bicyclic) bond motifs is 1. The summed E-state index contributed by atoms with van der Waals surface area (Å²) < 4.78 is 29.6. The molecule has 5 nitrogen and oxygen atoms in total. The molecule has 148 valence electrons. The Morgan fingerprint density at radius 1 is 1.14 bits per heavy atom. The number of nitrogens with zero attached hydrogens (tertiary/aromatic N) is 3. The summed E-state index contributed by atoms with van der Waals surface area (Å²) in [6.07, 6.45) is 7.12. The molecule has 0 N–H and O–H groups in total. The Morgan fingerprint density at radius 3 is 2.69 bits per heavy atom. The Bertz CT molecular complexity index is 1190. The third kappa shape index (κ3) is 4.41. The zero-order valence-electron chi connectivity index (χ0n) is 16.6. The molecule has 4 rings (SSSR count). The van der Waals surface area contributed by atoms with E-state index in [1.165, 1.54) is 27.8 Å². The van der Waals surface area contributed by atoms with E-state index in [1.807, 2.05) is 17.1 Å². The van der Waals surface area contributed by atoms with Gasteiger partial charge in [0.1, 0.15) is 11.2 Å². The predicted octanol–water partition coefficient (Wildman–Crippen LogP) is 4.38. The number of imidazole rings is 1. The van der Waals surface area contributed by atoms with E-state index in [-0.39, 0.29) is 5.92 Å². The second kappa shape index (κ2) is 7.84. The zero-order valence-corrected chi connectivity index (χ0v) is 17.4. The Balaban J connectivity index is 1.53. The fourth-order valence-corrected chi connectivity index (χ4v) is 4.09. The predicted molar refractivity (Wildman–Crippen MR) is 115 cm³/mol. The van der Waals surface area contributed by atoms with Crippen LogP contribution in [0.1, 0.15) is 30.5 Å². The quantitative estimate of drug-likeness (QED) is 0.646. The van der Waals surface area contributed by atoms with Gasteiger partial charge in [0.15, 0.2) is 0 Å². The van der Waals surface area contributed by atoms with Crippen molar-refractivity contribution < 1.29 is 8.42 Å². The first-order chi connectivity index (χ1) is 13.9. The molecule has 0 amide bonds. The molecule has 0 radical (unpaired) electrons. The van der Waals surface area contributed by atoms with Gasteiger partial charge in [0.05, 0.1) is 10.6 Å². The molecule has 0 unspecified atom stereocenters. The highest BCUT2D eigenvalue weighted by Gasteiger charge is 2.29. The highest BCUT2D eigenvalue weighted by atomic mass is 32.2. The third-order valence-electron chi connectivity index (χ3n) is 5.28. The monoisotopic (exact) mass is 406 g/mol. The summed E-state index contributed by atoms with van der Waals surface area (Å²) in [5.74, 6) is 0.0151. The van der Waals surface area contributed by atoms with Gasteiger partial charge >= 0.3 is 16.1 Å². The van der Waals surface area contributed by atoms with Crippen molar-refractivity contribution in [2.45, 2.75) is 38.5 Å². The van der Waals surface area contributed by atoms with Crippen LogP contribution in [0.4, 0.5) is 0 Å². The highest BCUT2D eigenvalue weighted by molar-refractivity contribution is 7.93. The lowest BCUT2D eigenvalue weighted by Gasteiger charge is -2.08. The summed E-state index contributed by atoms with van der Waals surface area (Å²) in [5.41, 5.74) is 6.06. The first kappa shape index (κ1) is 19.4. The standard InChI is InChI=1S/C23H24N3O2S/c1-17(2)29(27,28)25-14-19-11-21-6-7-22(13-23(21)12-19)20-5-3-4-18(10-20)15-26-9-8-24-16-26/h3-10,13,16-17,19H,11-12,15H2,1-2H3/q+1/t19-/m0/s1. The molecule has 3 aromatic rings. The molecule has 1 aliphatic rings. The number of sulfonamides is 1. The SMILES string of the molecule is CC(C)S(=O)(=O)[N+]#C[C@H]1Cc2ccc(-c3cccc(Cn4ccnc4)c3)cc2C1. The van der Waals surface area contributed by atoms with Crippen LogP contribution < -0.4 is 0 Å². The Morgan fingerprint density at radius 2 is 1.93 bits per heavy atom. The normalized spacial score (nSPS) is 15.8. The highest BCUT2D eigenvalue weighted by Crippen LogP contribution is 2.31. The molecule has 0 saturated heterocycles. The van der Waals surface area contributed by atoms with Crippen LogP contribution in [0.3, 0.4) is 0 Å². The molecule has 0 saturated carbocycles. The summed E-state index contributed by atoms with van der Waals surface area (Å²) in [4.78, 5) is 4.10. The lowest BCUT2D eigenvalue weighted by Crippen LogP contribution is -2.08. The Labute approximate surface area is 171 Å². The van der Waals surface area contributed by atoms with Crippen LogP contribution in [0.15, 0.2) is 61.2 Å². The second-order valence-corrected chi connectivity index (χ2v) is 9.96. The van der Waals surface area contributed by atoms with Gasteiger partial charge in [-0.15, -0.1) is 8.42 Å². The van der Waals surface area contributed by atoms with Gasteiger partial charge in [0.2, 0.25) is 0 Å². The molecule has 2 aromatic carbocycles. The number of aromatic nitrogens is 2. The van der Waals surface area contributed by atoms with Crippen molar-refractivity contribution in [1.82, 2.24) is 9.55 Å². The molecule has 0 aliphatic heterocycles. The zero-order chi connectivity index (χ0) is 20.4. The van der Waals surface area contributed by atoms with Gasteiger partial charge in [0.25, 0.3) is 0 Å². The van der Waals surface area contributed by atoms with E-state index in [0.29, 0.717) is 0 Å². The molecular weight excluding hydrogens is 382 g/mol. The van der Waals surface area contributed by atoms with Crippen LogP contribution in [0.5, 0.6) is 0 Å². The number of hydrogen-bond donors (Lipinski definition) is 0. The van der Waals surface area contributed by atoms with Crippen LogP contribution in [0, 0.1) is 12.0 Å². The van der Waals surface area contributed by atoms with Gasteiger partial charge in [-0.3, -0.25) is 0 Å². The van der Waals surface area contributed by atoms with Crippen molar-refractivity contribution in [3.63, 3.8) is 0 Å². The van der Waals surface area contributed by atoms with Crippen LogP contribution in [-0.4, -0.2) is 23.2 Å². The van der Waals surface area contributed by atoms with Crippen molar-refractivity contribution in [3.05, 3.63) is 82.1 Å². The van der Waals surface area contributed by atoms with Gasteiger partial charge in [-0.25, -0.2) is 4.98 Å². The fourth-order valence-electron chi connectivity index (χ4n) is 3.58. The first-order valence-corrected chi connectivity index (χ1v) is 11.3. The maximum absolute atomic E-state index is 11.9. The smallest absolute Gasteiger partial charge is 0.333 e. The molecule has 1 aliphatic carbocycles. The largest absolute Gasteiger partial charge is 0.481 e. The molecule has 1 aromatic heterocycles. The third-order valence-corrected chi connectivity index (χ3v) is 6.83. The van der Waals surface area contributed by atoms with Crippen molar-refractivity contribution in [1.29, 1.82) is 0 Å². The Kier molecular flexibility index (Phi) is 5.25. The average molecular weight is 407 g/mol. The minimum atomic E-state index is -3.44. The molecular formula is C23H24N3O2S+. The van der Waals surface area contributed by atoms with E-state index in [4.69, 9.17) is 0 Å². The van der Waals surface area contributed by atoms with E-state index in [2.05, 4.69) is 57.8 Å². The maximum Gasteiger partial charge on any atom is 0.481 e. The van der Waals surface area contributed by atoms with E-state index in [9.17, 15) is 8.42 Å². The summed E-state index contributed by atoms with van der Waals surface area (Å²) in [6, 6.07) is 17.9. The minimum absolute atomic E-state index is 0.0151. The lowest BCUT2D eigenvalue weighted by molar-refractivity contribution is 0.595. The van der Waals surface area contributed by atoms with Gasteiger partial charge < -0.3 is 4.57 Å². The van der Waals surface area contributed by atoms with Crippen LogP contribution in [0.25, 0.3) is 15.4 Å². The minimum Gasteiger partial charge on any atom is -0.333 e. The lowest BCUT2D eigenvalue weighted by atomic mass is 9.99. The van der Waals surface area contributed by atoms with Crippen LogP contribution >= 0.6 is 0 Å². The molecule has 1 heterocycles. The van der Waals surface area contributed by atoms with Crippen molar-refractivity contribution >= 4 is 10.0 Å². The maximum atomic E-state index is 11.9. The molecule has 1 atom stereocenters. The second-order valence-electron chi connectivity index (χ2n) is 7.81. The molecule has 0 spiro atoms. The van der Waals surface area contributed by atoms with Crippen molar-refractivity contribution in [3.8, 4) is 17.2 Å².